The van der Waals surface area contributed by atoms with Gasteiger partial charge in [0.25, 0.3) is 5.69 Å². The van der Waals surface area contributed by atoms with Crippen LogP contribution in [0, 0.1) is 16.0 Å². The van der Waals surface area contributed by atoms with Crippen LogP contribution in [0.4, 0.5) is 5.69 Å². The van der Waals surface area contributed by atoms with E-state index in [0.29, 0.717) is 29.0 Å². The molecule has 116 valence electrons. The fourth-order valence-corrected chi connectivity index (χ4v) is 3.59. The smallest absolute Gasteiger partial charge is 0.274 e. The zero-order chi connectivity index (χ0) is 15.2. The highest BCUT2D eigenvalue weighted by atomic mass is 35.5. The Balaban J connectivity index is 2.24. The highest BCUT2D eigenvalue weighted by Gasteiger charge is 2.27. The van der Waals surface area contributed by atoms with Crippen LogP contribution < -0.4 is 5.32 Å². The number of rotatable bonds is 5. The van der Waals surface area contributed by atoms with Crippen LogP contribution in [0.3, 0.4) is 0 Å². The van der Waals surface area contributed by atoms with Crippen molar-refractivity contribution < 1.29 is 4.92 Å². The first-order valence-corrected chi connectivity index (χ1v) is 8.16. The molecule has 1 N–H and O–H groups in total. The van der Waals surface area contributed by atoms with E-state index >= 15 is 0 Å². The quantitative estimate of drug-likeness (QED) is 0.500. The first-order chi connectivity index (χ1) is 10.1. The molecule has 1 aliphatic rings. The number of benzene rings is 1. The summed E-state index contributed by atoms with van der Waals surface area (Å²) in [5.74, 6) is 0.422. The molecule has 4 nitrogen and oxygen atoms in total. The highest BCUT2D eigenvalue weighted by Crippen LogP contribution is 2.33. The molecule has 0 saturated heterocycles. The average molecular weight is 311 g/mol. The maximum absolute atomic E-state index is 11.2. The van der Waals surface area contributed by atoms with Crippen LogP contribution in [0.25, 0.3) is 0 Å². The molecule has 5 heteroatoms. The standard InChI is InChI=1S/C16H23ClN2O2/c1-2-18-15-9-5-3-4-7-12(15)11-13-14(17)8-6-10-16(13)19(20)21/h6,8,10,12,15,18H,2-5,7,9,11H2,1H3. The Bertz CT molecular complexity index is 493. The Labute approximate surface area is 131 Å². The molecule has 0 aliphatic heterocycles. The van der Waals surface area contributed by atoms with Gasteiger partial charge in [-0.1, -0.05) is 43.9 Å². The van der Waals surface area contributed by atoms with E-state index in [1.165, 1.54) is 19.3 Å². The molecule has 0 amide bonds. The molecule has 0 bridgehead atoms. The zero-order valence-electron chi connectivity index (χ0n) is 12.5. The molecule has 2 unspecified atom stereocenters. The SMILES string of the molecule is CCNC1CCCCCC1Cc1c(Cl)cccc1[N+](=O)[O-]. The number of nitro groups is 1. The summed E-state index contributed by atoms with van der Waals surface area (Å²) in [4.78, 5) is 10.9. The molecule has 1 saturated carbocycles. The fourth-order valence-electron chi connectivity index (χ4n) is 3.34. The van der Waals surface area contributed by atoms with E-state index in [9.17, 15) is 10.1 Å². The summed E-state index contributed by atoms with van der Waals surface area (Å²) >= 11 is 6.23. The number of hydrogen-bond acceptors (Lipinski definition) is 3. The fraction of sp³-hybridized carbons (Fsp3) is 0.625. The molecule has 0 radical (unpaired) electrons. The van der Waals surface area contributed by atoms with Crippen LogP contribution in [0.2, 0.25) is 5.02 Å². The van der Waals surface area contributed by atoms with Gasteiger partial charge in [-0.05, 0) is 37.8 Å². The maximum atomic E-state index is 11.2. The Morgan fingerprint density at radius 3 is 2.81 bits per heavy atom. The van der Waals surface area contributed by atoms with Crippen LogP contribution in [0.1, 0.15) is 44.6 Å². The molecule has 0 heterocycles. The molecule has 2 atom stereocenters. The van der Waals surface area contributed by atoms with Gasteiger partial charge in [0, 0.05) is 17.7 Å². The molecule has 0 aromatic heterocycles. The van der Waals surface area contributed by atoms with Crippen molar-refractivity contribution in [2.75, 3.05) is 6.54 Å². The first kappa shape index (κ1) is 16.2. The van der Waals surface area contributed by atoms with Crippen LogP contribution in [-0.4, -0.2) is 17.5 Å². The van der Waals surface area contributed by atoms with Crippen LogP contribution in [0.5, 0.6) is 0 Å². The Morgan fingerprint density at radius 1 is 1.33 bits per heavy atom. The first-order valence-electron chi connectivity index (χ1n) is 7.78. The van der Waals surface area contributed by atoms with E-state index in [1.54, 1.807) is 18.2 Å². The van der Waals surface area contributed by atoms with Gasteiger partial charge in [-0.3, -0.25) is 10.1 Å². The van der Waals surface area contributed by atoms with Gasteiger partial charge in [0.1, 0.15) is 0 Å². The summed E-state index contributed by atoms with van der Waals surface area (Å²) in [5.41, 5.74) is 0.848. The minimum atomic E-state index is -0.319. The lowest BCUT2D eigenvalue weighted by atomic mass is 9.87. The second kappa shape index (κ2) is 7.76. The van der Waals surface area contributed by atoms with E-state index < -0.39 is 0 Å². The maximum Gasteiger partial charge on any atom is 0.274 e. The Morgan fingerprint density at radius 2 is 2.10 bits per heavy atom. The molecule has 21 heavy (non-hydrogen) atoms. The predicted molar refractivity (Wildman–Crippen MR) is 85.9 cm³/mol. The second-order valence-corrected chi connectivity index (χ2v) is 6.17. The minimum Gasteiger partial charge on any atom is -0.314 e. The van der Waals surface area contributed by atoms with Crippen LogP contribution in [0.15, 0.2) is 18.2 Å². The second-order valence-electron chi connectivity index (χ2n) is 5.76. The van der Waals surface area contributed by atoms with Crippen molar-refractivity contribution >= 4 is 17.3 Å². The van der Waals surface area contributed by atoms with Crippen molar-refractivity contribution in [3.05, 3.63) is 38.9 Å². The van der Waals surface area contributed by atoms with Crippen molar-refractivity contribution in [2.45, 2.75) is 51.5 Å². The normalized spacial score (nSPS) is 22.8. The molecule has 1 fully saturated rings. The molecule has 2 rings (SSSR count). The lowest BCUT2D eigenvalue weighted by Gasteiger charge is -2.26. The van der Waals surface area contributed by atoms with Gasteiger partial charge < -0.3 is 5.32 Å². The Kier molecular flexibility index (Phi) is 6.00. The van der Waals surface area contributed by atoms with Crippen molar-refractivity contribution in [1.29, 1.82) is 0 Å². The topological polar surface area (TPSA) is 55.2 Å². The summed E-state index contributed by atoms with van der Waals surface area (Å²) < 4.78 is 0. The van der Waals surface area contributed by atoms with E-state index in [0.717, 1.165) is 19.4 Å². The van der Waals surface area contributed by atoms with E-state index in [4.69, 9.17) is 11.6 Å². The van der Waals surface area contributed by atoms with Crippen molar-refractivity contribution in [3.63, 3.8) is 0 Å². The summed E-state index contributed by atoms with van der Waals surface area (Å²) in [6.07, 6.45) is 6.64. The van der Waals surface area contributed by atoms with Crippen LogP contribution in [-0.2, 0) is 6.42 Å². The van der Waals surface area contributed by atoms with Crippen molar-refractivity contribution in [3.8, 4) is 0 Å². The van der Waals surface area contributed by atoms with E-state index in [1.807, 2.05) is 0 Å². The lowest BCUT2D eigenvalue weighted by Crippen LogP contribution is -2.36. The summed E-state index contributed by atoms with van der Waals surface area (Å²) in [5, 5.41) is 15.3. The van der Waals surface area contributed by atoms with Crippen molar-refractivity contribution in [1.82, 2.24) is 5.32 Å². The number of nitrogens with one attached hydrogen (secondary N) is 1. The minimum absolute atomic E-state index is 0.155. The summed E-state index contributed by atoms with van der Waals surface area (Å²) in [6, 6.07) is 5.40. The number of hydrogen-bond donors (Lipinski definition) is 1. The molecule has 0 spiro atoms. The van der Waals surface area contributed by atoms with Gasteiger partial charge in [0.15, 0.2) is 0 Å². The number of halogens is 1. The van der Waals surface area contributed by atoms with Crippen molar-refractivity contribution in [2.24, 2.45) is 5.92 Å². The highest BCUT2D eigenvalue weighted by molar-refractivity contribution is 6.31. The molecule has 1 aliphatic carbocycles. The van der Waals surface area contributed by atoms with Gasteiger partial charge in [-0.25, -0.2) is 0 Å². The average Bonchev–Trinajstić information content (AvgIpc) is 2.67. The lowest BCUT2D eigenvalue weighted by molar-refractivity contribution is -0.385. The molecule has 1 aromatic rings. The third kappa shape index (κ3) is 4.17. The summed E-state index contributed by atoms with van der Waals surface area (Å²) in [6.45, 7) is 3.05. The van der Waals surface area contributed by atoms with Crippen LogP contribution >= 0.6 is 11.6 Å². The third-order valence-electron chi connectivity index (χ3n) is 4.38. The van der Waals surface area contributed by atoms with E-state index in [-0.39, 0.29) is 10.6 Å². The van der Waals surface area contributed by atoms with Gasteiger partial charge in [-0.2, -0.15) is 0 Å². The van der Waals surface area contributed by atoms with Gasteiger partial charge in [0.2, 0.25) is 0 Å². The Hall–Kier alpha value is -1.13. The van der Waals surface area contributed by atoms with Gasteiger partial charge >= 0.3 is 0 Å². The van der Waals surface area contributed by atoms with E-state index in [2.05, 4.69) is 12.2 Å². The molecular formula is C16H23ClN2O2. The largest absolute Gasteiger partial charge is 0.314 e. The van der Waals surface area contributed by atoms with Gasteiger partial charge in [-0.15, -0.1) is 0 Å². The molecule has 1 aromatic carbocycles. The zero-order valence-corrected chi connectivity index (χ0v) is 13.2. The third-order valence-corrected chi connectivity index (χ3v) is 4.74. The molecular weight excluding hydrogens is 288 g/mol. The number of nitro benzene ring substituents is 1. The predicted octanol–water partition coefficient (Wildman–Crippen LogP) is 4.35. The monoisotopic (exact) mass is 310 g/mol. The summed E-state index contributed by atoms with van der Waals surface area (Å²) in [7, 11) is 0. The van der Waals surface area contributed by atoms with Gasteiger partial charge in [0.05, 0.1) is 9.95 Å². The number of nitrogens with zero attached hydrogens (tertiary/aromatic N) is 1.